The van der Waals surface area contributed by atoms with Crippen LogP contribution >= 0.6 is 0 Å². The van der Waals surface area contributed by atoms with Crippen molar-refractivity contribution < 1.29 is 23.9 Å². The molecule has 0 radical (unpaired) electrons. The SMILES string of the molecule is Cc1cccc(NC(=O)CNC(=O)CN(C(=O)c2ccc3c(c2)OCO3)C2CCCCC2)c1. The zero-order valence-corrected chi connectivity index (χ0v) is 18.8. The number of aryl methyl sites for hydroxylation is 1. The summed E-state index contributed by atoms with van der Waals surface area (Å²) < 4.78 is 10.7. The van der Waals surface area contributed by atoms with E-state index < -0.39 is 0 Å². The molecular formula is C25H29N3O5. The number of rotatable bonds is 7. The van der Waals surface area contributed by atoms with Gasteiger partial charge in [-0.2, -0.15) is 0 Å². The highest BCUT2D eigenvalue weighted by Gasteiger charge is 2.29. The molecule has 0 spiro atoms. The normalized spacial score (nSPS) is 15.1. The minimum absolute atomic E-state index is 0.0106. The highest BCUT2D eigenvalue weighted by atomic mass is 16.7. The van der Waals surface area contributed by atoms with Crippen molar-refractivity contribution in [1.29, 1.82) is 0 Å². The number of ether oxygens (including phenoxy) is 2. The first-order valence-corrected chi connectivity index (χ1v) is 11.3. The van der Waals surface area contributed by atoms with Gasteiger partial charge in [0.2, 0.25) is 18.6 Å². The van der Waals surface area contributed by atoms with E-state index in [1.54, 1.807) is 29.2 Å². The summed E-state index contributed by atoms with van der Waals surface area (Å²) in [7, 11) is 0. The van der Waals surface area contributed by atoms with Gasteiger partial charge in [-0.15, -0.1) is 0 Å². The van der Waals surface area contributed by atoms with Gasteiger partial charge in [0, 0.05) is 17.3 Å². The third-order valence-electron chi connectivity index (χ3n) is 5.96. The van der Waals surface area contributed by atoms with Gasteiger partial charge in [-0.05, 0) is 55.7 Å². The summed E-state index contributed by atoms with van der Waals surface area (Å²) in [4.78, 5) is 39.9. The zero-order valence-electron chi connectivity index (χ0n) is 18.8. The van der Waals surface area contributed by atoms with E-state index in [-0.39, 0.29) is 43.6 Å². The molecule has 2 aromatic carbocycles. The molecule has 8 heteroatoms. The molecule has 3 amide bonds. The first kappa shape index (κ1) is 22.6. The van der Waals surface area contributed by atoms with Crippen LogP contribution in [0, 0.1) is 6.92 Å². The molecule has 1 fully saturated rings. The van der Waals surface area contributed by atoms with E-state index in [1.165, 1.54) is 0 Å². The fourth-order valence-corrected chi connectivity index (χ4v) is 4.27. The van der Waals surface area contributed by atoms with E-state index >= 15 is 0 Å². The van der Waals surface area contributed by atoms with Gasteiger partial charge in [0.1, 0.15) is 6.54 Å². The minimum Gasteiger partial charge on any atom is -0.454 e. The van der Waals surface area contributed by atoms with Crippen LogP contribution in [-0.4, -0.2) is 48.5 Å². The molecule has 4 rings (SSSR count). The van der Waals surface area contributed by atoms with Gasteiger partial charge in [0.05, 0.1) is 6.54 Å². The Morgan fingerprint density at radius 1 is 0.970 bits per heavy atom. The van der Waals surface area contributed by atoms with Gasteiger partial charge in [-0.25, -0.2) is 0 Å². The second-order valence-corrected chi connectivity index (χ2v) is 8.49. The van der Waals surface area contributed by atoms with E-state index in [0.29, 0.717) is 22.7 Å². The Balaban J connectivity index is 1.39. The van der Waals surface area contributed by atoms with Gasteiger partial charge in [0.25, 0.3) is 5.91 Å². The number of benzene rings is 2. The van der Waals surface area contributed by atoms with Gasteiger partial charge < -0.3 is 25.0 Å². The van der Waals surface area contributed by atoms with Crippen molar-refractivity contribution in [3.63, 3.8) is 0 Å². The molecule has 2 aliphatic rings. The highest BCUT2D eigenvalue weighted by molar-refractivity contribution is 5.98. The first-order chi connectivity index (χ1) is 16.0. The lowest BCUT2D eigenvalue weighted by Gasteiger charge is -2.34. The van der Waals surface area contributed by atoms with Crippen molar-refractivity contribution in [2.75, 3.05) is 25.2 Å². The van der Waals surface area contributed by atoms with Gasteiger partial charge in [-0.1, -0.05) is 31.4 Å². The smallest absolute Gasteiger partial charge is 0.254 e. The molecule has 174 valence electrons. The van der Waals surface area contributed by atoms with Crippen LogP contribution in [0.15, 0.2) is 42.5 Å². The van der Waals surface area contributed by atoms with E-state index in [9.17, 15) is 14.4 Å². The average Bonchev–Trinajstić information content (AvgIpc) is 3.29. The third kappa shape index (κ3) is 5.83. The quantitative estimate of drug-likeness (QED) is 0.674. The second kappa shape index (κ2) is 10.4. The molecule has 0 bridgehead atoms. The second-order valence-electron chi connectivity index (χ2n) is 8.49. The summed E-state index contributed by atoms with van der Waals surface area (Å²) in [6, 6.07) is 12.5. The number of carbonyl (C=O) groups excluding carboxylic acids is 3. The maximum absolute atomic E-state index is 13.4. The largest absolute Gasteiger partial charge is 0.454 e. The van der Waals surface area contributed by atoms with Crippen LogP contribution in [0.2, 0.25) is 0 Å². The molecule has 8 nitrogen and oxygen atoms in total. The average molecular weight is 452 g/mol. The van der Waals surface area contributed by atoms with Crippen LogP contribution in [0.25, 0.3) is 0 Å². The number of hydrogen-bond acceptors (Lipinski definition) is 5. The van der Waals surface area contributed by atoms with Crippen LogP contribution < -0.4 is 20.1 Å². The topological polar surface area (TPSA) is 97.0 Å². The Labute approximate surface area is 193 Å². The van der Waals surface area contributed by atoms with Crippen molar-refractivity contribution in [2.45, 2.75) is 45.1 Å². The summed E-state index contributed by atoms with van der Waals surface area (Å²) in [5.74, 6) is 0.226. The van der Waals surface area contributed by atoms with E-state index in [4.69, 9.17) is 9.47 Å². The highest BCUT2D eigenvalue weighted by Crippen LogP contribution is 2.33. The van der Waals surface area contributed by atoms with Crippen molar-refractivity contribution in [3.05, 3.63) is 53.6 Å². The fraction of sp³-hybridized carbons (Fsp3) is 0.400. The fourth-order valence-electron chi connectivity index (χ4n) is 4.27. The van der Waals surface area contributed by atoms with Crippen molar-refractivity contribution >= 4 is 23.4 Å². The number of nitrogens with one attached hydrogen (secondary N) is 2. The maximum atomic E-state index is 13.4. The Bertz CT molecular complexity index is 1030. The maximum Gasteiger partial charge on any atom is 0.254 e. The lowest BCUT2D eigenvalue weighted by atomic mass is 9.93. The Morgan fingerprint density at radius 3 is 2.55 bits per heavy atom. The molecule has 0 atom stereocenters. The molecule has 0 unspecified atom stereocenters. The molecule has 1 aliphatic heterocycles. The van der Waals surface area contributed by atoms with Crippen LogP contribution in [0.5, 0.6) is 11.5 Å². The standard InChI is InChI=1S/C25H29N3O5/c1-17-6-5-7-19(12-17)27-23(29)14-26-24(30)15-28(20-8-3-2-4-9-20)25(31)18-10-11-21-22(13-18)33-16-32-21/h5-7,10-13,20H,2-4,8-9,14-16H2,1H3,(H,26,30)(H,27,29). The Morgan fingerprint density at radius 2 is 1.76 bits per heavy atom. The first-order valence-electron chi connectivity index (χ1n) is 11.3. The lowest BCUT2D eigenvalue weighted by molar-refractivity contribution is -0.125. The van der Waals surface area contributed by atoms with E-state index in [2.05, 4.69) is 10.6 Å². The van der Waals surface area contributed by atoms with Crippen molar-refractivity contribution in [3.8, 4) is 11.5 Å². The molecule has 2 N–H and O–H groups in total. The van der Waals surface area contributed by atoms with Gasteiger partial charge >= 0.3 is 0 Å². The number of amides is 3. The Hall–Kier alpha value is -3.55. The molecule has 1 heterocycles. The molecule has 0 aromatic heterocycles. The molecule has 1 saturated carbocycles. The number of nitrogens with zero attached hydrogens (tertiary/aromatic N) is 1. The van der Waals surface area contributed by atoms with Crippen LogP contribution in [0.3, 0.4) is 0 Å². The summed E-state index contributed by atoms with van der Waals surface area (Å²) in [6.07, 6.45) is 4.90. The number of fused-ring (bicyclic) bond motifs is 1. The van der Waals surface area contributed by atoms with Gasteiger partial charge in [-0.3, -0.25) is 14.4 Å². The summed E-state index contributed by atoms with van der Waals surface area (Å²) >= 11 is 0. The van der Waals surface area contributed by atoms with E-state index in [1.807, 2.05) is 25.1 Å². The van der Waals surface area contributed by atoms with Crippen LogP contribution in [0.4, 0.5) is 5.69 Å². The summed E-state index contributed by atoms with van der Waals surface area (Å²) in [5.41, 5.74) is 2.16. The van der Waals surface area contributed by atoms with Gasteiger partial charge in [0.15, 0.2) is 11.5 Å². The molecule has 33 heavy (non-hydrogen) atoms. The minimum atomic E-state index is -0.367. The predicted octanol–water partition coefficient (Wildman–Crippen LogP) is 3.25. The zero-order chi connectivity index (χ0) is 23.2. The van der Waals surface area contributed by atoms with Crippen LogP contribution in [0.1, 0.15) is 48.0 Å². The van der Waals surface area contributed by atoms with Crippen LogP contribution in [-0.2, 0) is 9.59 Å². The lowest BCUT2D eigenvalue weighted by Crippen LogP contribution is -2.48. The van der Waals surface area contributed by atoms with E-state index in [0.717, 1.165) is 37.7 Å². The summed E-state index contributed by atoms with van der Waals surface area (Å²) in [6.45, 7) is 1.81. The molecule has 2 aromatic rings. The number of carbonyl (C=O) groups is 3. The number of anilines is 1. The molecule has 0 saturated heterocycles. The molecular weight excluding hydrogens is 422 g/mol. The Kier molecular flexibility index (Phi) is 7.12. The predicted molar refractivity (Wildman–Crippen MR) is 123 cm³/mol. The van der Waals surface area contributed by atoms with Crippen molar-refractivity contribution in [2.24, 2.45) is 0 Å². The molecule has 1 aliphatic carbocycles. The summed E-state index contributed by atoms with van der Waals surface area (Å²) in [5, 5.41) is 5.41. The number of hydrogen-bond donors (Lipinski definition) is 2. The third-order valence-corrected chi connectivity index (χ3v) is 5.96. The van der Waals surface area contributed by atoms with Crippen molar-refractivity contribution in [1.82, 2.24) is 10.2 Å². The monoisotopic (exact) mass is 451 g/mol.